The van der Waals surface area contributed by atoms with Gasteiger partial charge in [-0.25, -0.2) is 4.98 Å². The molecule has 7 heteroatoms. The third-order valence-corrected chi connectivity index (χ3v) is 2.25. The van der Waals surface area contributed by atoms with Gasteiger partial charge in [-0.05, 0) is 6.42 Å². The molecule has 0 spiro atoms. The van der Waals surface area contributed by atoms with E-state index in [9.17, 15) is 9.59 Å². The quantitative estimate of drug-likeness (QED) is 0.500. The summed E-state index contributed by atoms with van der Waals surface area (Å²) in [5.41, 5.74) is 6.45. The predicted octanol–water partition coefficient (Wildman–Crippen LogP) is -0.739. The third kappa shape index (κ3) is 5.12. The second-order valence-electron chi connectivity index (χ2n) is 3.66. The number of nitrogens with zero attached hydrogens (tertiary/aromatic N) is 1. The molecule has 0 aliphatic carbocycles. The summed E-state index contributed by atoms with van der Waals surface area (Å²) in [7, 11) is 0. The Labute approximate surface area is 98.4 Å². The van der Waals surface area contributed by atoms with Gasteiger partial charge >= 0.3 is 5.97 Å². The van der Waals surface area contributed by atoms with Crippen LogP contribution in [0.5, 0.6) is 0 Å². The fraction of sp³-hybridized carbons (Fsp3) is 0.500. The highest BCUT2D eigenvalue weighted by atomic mass is 16.4. The van der Waals surface area contributed by atoms with Crippen molar-refractivity contribution in [1.29, 1.82) is 0 Å². The summed E-state index contributed by atoms with van der Waals surface area (Å²) in [5, 5.41) is 11.1. The molecule has 0 aliphatic rings. The summed E-state index contributed by atoms with van der Waals surface area (Å²) in [4.78, 5) is 28.5. The van der Waals surface area contributed by atoms with Crippen molar-refractivity contribution in [1.82, 2.24) is 15.3 Å². The third-order valence-electron chi connectivity index (χ3n) is 2.25. The zero-order chi connectivity index (χ0) is 12.7. The van der Waals surface area contributed by atoms with Crippen LogP contribution in [0.4, 0.5) is 0 Å². The van der Waals surface area contributed by atoms with Gasteiger partial charge in [-0.2, -0.15) is 0 Å². The molecular formula is C10H16N4O3. The van der Waals surface area contributed by atoms with E-state index >= 15 is 0 Å². The summed E-state index contributed by atoms with van der Waals surface area (Å²) in [5.74, 6) is -1.28. The van der Waals surface area contributed by atoms with Crippen LogP contribution in [0.1, 0.15) is 18.5 Å². The summed E-state index contributed by atoms with van der Waals surface area (Å²) in [6.07, 6.45) is 3.92. The molecule has 0 saturated carbocycles. The van der Waals surface area contributed by atoms with Gasteiger partial charge in [-0.3, -0.25) is 9.59 Å². The molecule has 0 radical (unpaired) electrons. The Morgan fingerprint density at radius 1 is 1.59 bits per heavy atom. The fourth-order valence-electron chi connectivity index (χ4n) is 1.28. The van der Waals surface area contributed by atoms with Gasteiger partial charge in [0.25, 0.3) is 0 Å². The molecule has 1 amide bonds. The topological polar surface area (TPSA) is 121 Å². The Morgan fingerprint density at radius 3 is 2.94 bits per heavy atom. The highest BCUT2D eigenvalue weighted by Crippen LogP contribution is 1.95. The first kappa shape index (κ1) is 13.2. The van der Waals surface area contributed by atoms with Crippen LogP contribution in [0.2, 0.25) is 0 Å². The normalized spacial score (nSPS) is 12.1. The molecule has 0 fully saturated rings. The number of carbonyl (C=O) groups is 2. The molecule has 7 nitrogen and oxygen atoms in total. The number of rotatable bonds is 7. The zero-order valence-electron chi connectivity index (χ0n) is 9.35. The van der Waals surface area contributed by atoms with E-state index in [0.29, 0.717) is 13.0 Å². The summed E-state index contributed by atoms with van der Waals surface area (Å²) >= 11 is 0. The number of carboxylic acids is 1. The average Bonchev–Trinajstić information content (AvgIpc) is 2.78. The molecule has 94 valence electrons. The lowest BCUT2D eigenvalue weighted by Crippen LogP contribution is -2.41. The number of amides is 1. The predicted molar refractivity (Wildman–Crippen MR) is 60.1 cm³/mol. The molecule has 1 rings (SSSR count). The number of aliphatic carboxylic acids is 1. The van der Waals surface area contributed by atoms with Crippen molar-refractivity contribution in [2.45, 2.75) is 25.3 Å². The molecule has 0 bridgehead atoms. The second-order valence-corrected chi connectivity index (χ2v) is 3.66. The maximum absolute atomic E-state index is 11.4. The van der Waals surface area contributed by atoms with Crippen molar-refractivity contribution in [2.75, 3.05) is 6.54 Å². The Balaban J connectivity index is 2.17. The number of aromatic amines is 1. The summed E-state index contributed by atoms with van der Waals surface area (Å²) in [6.45, 7) is 0.446. The van der Waals surface area contributed by atoms with Crippen LogP contribution in [-0.2, 0) is 16.0 Å². The lowest BCUT2D eigenvalue weighted by molar-refractivity contribution is -0.137. The number of aromatic nitrogens is 2. The van der Waals surface area contributed by atoms with Crippen molar-refractivity contribution < 1.29 is 14.7 Å². The molecule has 1 atom stereocenters. The molecule has 1 aromatic rings. The van der Waals surface area contributed by atoms with E-state index in [2.05, 4.69) is 15.3 Å². The number of hydrogen-bond acceptors (Lipinski definition) is 4. The van der Waals surface area contributed by atoms with Crippen LogP contribution in [0, 0.1) is 0 Å². The van der Waals surface area contributed by atoms with Gasteiger partial charge in [0.05, 0.1) is 12.4 Å². The molecular weight excluding hydrogens is 224 g/mol. The molecule has 17 heavy (non-hydrogen) atoms. The summed E-state index contributed by atoms with van der Waals surface area (Å²) in [6, 6.07) is -0.770. The first-order valence-electron chi connectivity index (χ1n) is 5.32. The van der Waals surface area contributed by atoms with Crippen LogP contribution >= 0.6 is 0 Å². The minimum atomic E-state index is -0.953. The molecule has 5 N–H and O–H groups in total. The van der Waals surface area contributed by atoms with Crippen molar-refractivity contribution in [2.24, 2.45) is 5.73 Å². The van der Waals surface area contributed by atoms with Gasteiger partial charge in [0, 0.05) is 31.3 Å². The van der Waals surface area contributed by atoms with Gasteiger partial charge < -0.3 is 21.1 Å². The minimum Gasteiger partial charge on any atom is -0.481 e. The van der Waals surface area contributed by atoms with E-state index in [-0.39, 0.29) is 18.7 Å². The second kappa shape index (κ2) is 6.64. The standard InChI is InChI=1S/C10H16N4O3/c11-8(1-2-9(15)16)10(17)13-4-3-7-5-12-6-14-7/h5-6,8H,1-4,11H2,(H,12,14)(H,13,17)(H,15,16)/t8-/m0/s1. The lowest BCUT2D eigenvalue weighted by atomic mass is 10.1. The van der Waals surface area contributed by atoms with E-state index in [4.69, 9.17) is 10.8 Å². The first-order chi connectivity index (χ1) is 8.09. The monoisotopic (exact) mass is 240 g/mol. The van der Waals surface area contributed by atoms with Crippen LogP contribution in [0.25, 0.3) is 0 Å². The van der Waals surface area contributed by atoms with Crippen molar-refractivity contribution in [3.05, 3.63) is 18.2 Å². The average molecular weight is 240 g/mol. The number of nitrogens with two attached hydrogens (primary N) is 1. The highest BCUT2D eigenvalue weighted by molar-refractivity contribution is 5.82. The van der Waals surface area contributed by atoms with Crippen LogP contribution < -0.4 is 11.1 Å². The largest absolute Gasteiger partial charge is 0.481 e. The molecule has 1 aromatic heterocycles. The molecule has 0 saturated heterocycles. The number of nitrogens with one attached hydrogen (secondary N) is 2. The van der Waals surface area contributed by atoms with Crippen LogP contribution in [0.3, 0.4) is 0 Å². The maximum atomic E-state index is 11.4. The van der Waals surface area contributed by atoms with E-state index in [1.807, 2.05) is 0 Å². The van der Waals surface area contributed by atoms with Gasteiger partial charge in [-0.15, -0.1) is 0 Å². The Bertz CT molecular complexity index is 364. The molecule has 0 aliphatic heterocycles. The van der Waals surface area contributed by atoms with Crippen molar-refractivity contribution >= 4 is 11.9 Å². The lowest BCUT2D eigenvalue weighted by Gasteiger charge is -2.10. The van der Waals surface area contributed by atoms with Crippen molar-refractivity contribution in [3.63, 3.8) is 0 Å². The van der Waals surface area contributed by atoms with E-state index in [0.717, 1.165) is 5.69 Å². The zero-order valence-corrected chi connectivity index (χ0v) is 9.35. The molecule has 0 aromatic carbocycles. The van der Waals surface area contributed by atoms with Gasteiger partial charge in [0.1, 0.15) is 0 Å². The van der Waals surface area contributed by atoms with E-state index in [1.165, 1.54) is 0 Å². The number of carboxylic acid groups (broad SMARTS) is 1. The Kier molecular flexibility index (Phi) is 5.15. The molecule has 0 unspecified atom stereocenters. The smallest absolute Gasteiger partial charge is 0.303 e. The number of imidazole rings is 1. The van der Waals surface area contributed by atoms with Crippen molar-refractivity contribution in [3.8, 4) is 0 Å². The minimum absolute atomic E-state index is 0.102. The van der Waals surface area contributed by atoms with Crippen LogP contribution in [-0.4, -0.2) is 39.5 Å². The SMILES string of the molecule is N[C@@H](CCC(=O)O)C(=O)NCCc1cnc[nH]1. The Morgan fingerprint density at radius 2 is 2.35 bits per heavy atom. The number of carbonyl (C=O) groups excluding carboxylic acids is 1. The van der Waals surface area contributed by atoms with E-state index in [1.54, 1.807) is 12.5 Å². The number of H-pyrrole nitrogens is 1. The van der Waals surface area contributed by atoms with Gasteiger partial charge in [-0.1, -0.05) is 0 Å². The van der Waals surface area contributed by atoms with Gasteiger partial charge in [0.15, 0.2) is 0 Å². The van der Waals surface area contributed by atoms with Gasteiger partial charge in [0.2, 0.25) is 5.91 Å². The number of hydrogen-bond donors (Lipinski definition) is 4. The fourth-order valence-corrected chi connectivity index (χ4v) is 1.28. The molecule has 1 heterocycles. The summed E-state index contributed by atoms with van der Waals surface area (Å²) < 4.78 is 0. The van der Waals surface area contributed by atoms with Crippen LogP contribution in [0.15, 0.2) is 12.5 Å². The highest BCUT2D eigenvalue weighted by Gasteiger charge is 2.14. The van der Waals surface area contributed by atoms with E-state index < -0.39 is 12.0 Å². The first-order valence-corrected chi connectivity index (χ1v) is 5.32. The Hall–Kier alpha value is -1.89. The maximum Gasteiger partial charge on any atom is 0.303 e.